The summed E-state index contributed by atoms with van der Waals surface area (Å²) in [5.41, 5.74) is 1.90. The predicted octanol–water partition coefficient (Wildman–Crippen LogP) is 3.29. The topological polar surface area (TPSA) is 105 Å². The van der Waals surface area contributed by atoms with Crippen molar-refractivity contribution in [2.45, 2.75) is 24.9 Å². The molecule has 3 aromatic carbocycles. The maximum absolute atomic E-state index is 13.3. The molecule has 0 heterocycles. The molecule has 0 radical (unpaired) electrons. The summed E-state index contributed by atoms with van der Waals surface area (Å²) in [4.78, 5) is 38.4. The summed E-state index contributed by atoms with van der Waals surface area (Å²) in [6, 6.07) is 19.9. The van der Waals surface area contributed by atoms with Gasteiger partial charge >= 0.3 is 5.97 Å². The van der Waals surface area contributed by atoms with Crippen LogP contribution < -0.4 is 10.6 Å². The molecule has 0 aliphatic carbocycles. The van der Waals surface area contributed by atoms with E-state index in [9.17, 15) is 19.5 Å². The lowest BCUT2D eigenvalue weighted by Crippen LogP contribution is -2.53. The number of ether oxygens (including phenoxy) is 1. The van der Waals surface area contributed by atoms with Crippen LogP contribution in [0.15, 0.2) is 78.9 Å². The number of esters is 1. The first-order valence-corrected chi connectivity index (χ1v) is 11.0. The number of carbonyl (C=O) groups is 3. The van der Waals surface area contributed by atoms with Crippen molar-refractivity contribution in [2.75, 3.05) is 7.11 Å². The smallest absolute Gasteiger partial charge is 0.328 e. The van der Waals surface area contributed by atoms with Gasteiger partial charge in [0.05, 0.1) is 7.11 Å². The third kappa shape index (κ3) is 7.08. The van der Waals surface area contributed by atoms with Crippen LogP contribution in [0.25, 0.3) is 0 Å². The summed E-state index contributed by atoms with van der Waals surface area (Å²) < 4.78 is 4.88. The van der Waals surface area contributed by atoms with E-state index in [1.54, 1.807) is 36.4 Å². The SMILES string of the molecule is COC(=O)[C@H](Cc1ccccc1)NC(=O)[C@H](Cc1ccc(O)cc1)NC(=O)c1ccc(Cl)cc1. The first kappa shape index (κ1) is 24.8. The van der Waals surface area contributed by atoms with E-state index in [0.29, 0.717) is 16.1 Å². The number of carbonyl (C=O) groups excluding carboxylic acids is 3. The Labute approximate surface area is 202 Å². The van der Waals surface area contributed by atoms with Crippen LogP contribution in [0, 0.1) is 0 Å². The number of phenols is 1. The molecule has 2 atom stereocenters. The monoisotopic (exact) mass is 480 g/mol. The van der Waals surface area contributed by atoms with Gasteiger partial charge in [-0.05, 0) is 47.5 Å². The van der Waals surface area contributed by atoms with Crippen molar-refractivity contribution in [2.24, 2.45) is 0 Å². The van der Waals surface area contributed by atoms with Crippen LogP contribution in [0.1, 0.15) is 21.5 Å². The van der Waals surface area contributed by atoms with Gasteiger partial charge in [0.2, 0.25) is 5.91 Å². The van der Waals surface area contributed by atoms with Crippen LogP contribution in [-0.4, -0.2) is 42.1 Å². The van der Waals surface area contributed by atoms with Gasteiger partial charge in [0, 0.05) is 23.4 Å². The van der Waals surface area contributed by atoms with E-state index in [4.69, 9.17) is 16.3 Å². The fourth-order valence-electron chi connectivity index (χ4n) is 3.38. The molecule has 3 N–H and O–H groups in total. The van der Waals surface area contributed by atoms with E-state index >= 15 is 0 Å². The molecule has 0 saturated heterocycles. The molecule has 0 aliphatic rings. The van der Waals surface area contributed by atoms with Crippen molar-refractivity contribution in [3.8, 4) is 5.75 Å². The van der Waals surface area contributed by atoms with Crippen LogP contribution in [0.4, 0.5) is 0 Å². The summed E-state index contributed by atoms with van der Waals surface area (Å²) in [6.07, 6.45) is 0.376. The van der Waals surface area contributed by atoms with Gasteiger partial charge in [-0.3, -0.25) is 9.59 Å². The highest BCUT2D eigenvalue weighted by molar-refractivity contribution is 6.30. The standard InChI is InChI=1S/C26H25ClN2O5/c1-34-26(33)23(16-17-5-3-2-4-6-17)29-25(32)22(15-18-7-13-21(30)14-8-18)28-24(31)19-9-11-20(27)12-10-19/h2-14,22-23,30H,15-16H2,1H3,(H,28,31)(H,29,32)/t22-,23-/m0/s1. The van der Waals surface area contributed by atoms with Gasteiger partial charge in [-0.1, -0.05) is 54.1 Å². The Morgan fingerprint density at radius 3 is 2.03 bits per heavy atom. The molecule has 0 aliphatic heterocycles. The van der Waals surface area contributed by atoms with Crippen LogP contribution in [0.3, 0.4) is 0 Å². The third-order valence-corrected chi connectivity index (χ3v) is 5.44. The Balaban J connectivity index is 1.81. The molecule has 176 valence electrons. The number of phenolic OH excluding ortho intramolecular Hbond substituents is 1. The zero-order valence-electron chi connectivity index (χ0n) is 18.5. The van der Waals surface area contributed by atoms with E-state index in [0.717, 1.165) is 5.56 Å². The van der Waals surface area contributed by atoms with E-state index in [1.807, 2.05) is 30.3 Å². The molecule has 0 bridgehead atoms. The van der Waals surface area contributed by atoms with Gasteiger partial charge in [-0.2, -0.15) is 0 Å². The summed E-state index contributed by atoms with van der Waals surface area (Å²) >= 11 is 5.90. The molecule has 2 amide bonds. The molecule has 0 aromatic heterocycles. The largest absolute Gasteiger partial charge is 0.508 e. The molecule has 3 rings (SSSR count). The third-order valence-electron chi connectivity index (χ3n) is 5.19. The minimum Gasteiger partial charge on any atom is -0.508 e. The van der Waals surface area contributed by atoms with Gasteiger partial charge in [0.25, 0.3) is 5.91 Å². The second-order valence-electron chi connectivity index (χ2n) is 7.68. The van der Waals surface area contributed by atoms with E-state index in [2.05, 4.69) is 10.6 Å². The lowest BCUT2D eigenvalue weighted by atomic mass is 10.0. The summed E-state index contributed by atoms with van der Waals surface area (Å²) in [5, 5.41) is 15.5. The Bertz CT molecular complexity index is 1120. The highest BCUT2D eigenvalue weighted by atomic mass is 35.5. The molecular formula is C26H25ClN2O5. The molecule has 0 fully saturated rings. The lowest BCUT2D eigenvalue weighted by molar-refractivity contribution is -0.145. The number of nitrogens with one attached hydrogen (secondary N) is 2. The van der Waals surface area contributed by atoms with E-state index < -0.39 is 29.9 Å². The number of aromatic hydroxyl groups is 1. The number of hydrogen-bond donors (Lipinski definition) is 3. The number of hydrogen-bond acceptors (Lipinski definition) is 5. The van der Waals surface area contributed by atoms with Crippen LogP contribution in [-0.2, 0) is 27.2 Å². The molecule has 8 heteroatoms. The van der Waals surface area contributed by atoms with Crippen molar-refractivity contribution < 1.29 is 24.2 Å². The first-order chi connectivity index (χ1) is 16.4. The molecule has 0 saturated carbocycles. The molecule has 3 aromatic rings. The lowest BCUT2D eigenvalue weighted by Gasteiger charge is -2.23. The second kappa shape index (κ2) is 11.9. The average Bonchev–Trinajstić information content (AvgIpc) is 2.85. The van der Waals surface area contributed by atoms with Crippen molar-refractivity contribution >= 4 is 29.4 Å². The van der Waals surface area contributed by atoms with E-state index in [-0.39, 0.29) is 18.6 Å². The number of halogens is 1. The predicted molar refractivity (Wildman–Crippen MR) is 129 cm³/mol. The Morgan fingerprint density at radius 2 is 1.41 bits per heavy atom. The van der Waals surface area contributed by atoms with Crippen molar-refractivity contribution in [3.05, 3.63) is 101 Å². The van der Waals surface area contributed by atoms with Gasteiger partial charge in [-0.15, -0.1) is 0 Å². The summed E-state index contributed by atoms with van der Waals surface area (Å²) in [7, 11) is 1.25. The van der Waals surface area contributed by atoms with Gasteiger partial charge in [0.1, 0.15) is 17.8 Å². The molecule has 7 nitrogen and oxygen atoms in total. The fourth-order valence-corrected chi connectivity index (χ4v) is 3.50. The average molecular weight is 481 g/mol. The van der Waals surface area contributed by atoms with Crippen molar-refractivity contribution in [1.82, 2.24) is 10.6 Å². The highest BCUT2D eigenvalue weighted by Gasteiger charge is 2.28. The molecular weight excluding hydrogens is 456 g/mol. The number of amides is 2. The van der Waals surface area contributed by atoms with Crippen LogP contribution in [0.2, 0.25) is 5.02 Å². The van der Waals surface area contributed by atoms with Crippen molar-refractivity contribution in [1.29, 1.82) is 0 Å². The van der Waals surface area contributed by atoms with Crippen molar-refractivity contribution in [3.63, 3.8) is 0 Å². The van der Waals surface area contributed by atoms with E-state index in [1.165, 1.54) is 19.2 Å². The maximum atomic E-state index is 13.3. The van der Waals surface area contributed by atoms with Gasteiger partial charge in [-0.25, -0.2) is 4.79 Å². The second-order valence-corrected chi connectivity index (χ2v) is 8.11. The Morgan fingerprint density at radius 1 is 0.824 bits per heavy atom. The zero-order chi connectivity index (χ0) is 24.5. The fraction of sp³-hybridized carbons (Fsp3) is 0.192. The number of methoxy groups -OCH3 is 1. The minimum atomic E-state index is -0.990. The van der Waals surface area contributed by atoms with Crippen LogP contribution >= 0.6 is 11.6 Å². The number of rotatable bonds is 9. The molecule has 0 spiro atoms. The quantitative estimate of drug-likeness (QED) is 0.408. The molecule has 34 heavy (non-hydrogen) atoms. The van der Waals surface area contributed by atoms with Gasteiger partial charge < -0.3 is 20.5 Å². The zero-order valence-corrected chi connectivity index (χ0v) is 19.3. The van der Waals surface area contributed by atoms with Gasteiger partial charge in [0.15, 0.2) is 0 Å². The Kier molecular flexibility index (Phi) is 8.65. The summed E-state index contributed by atoms with van der Waals surface area (Å²) in [6.45, 7) is 0. The summed E-state index contributed by atoms with van der Waals surface area (Å²) in [5.74, 6) is -1.51. The normalized spacial score (nSPS) is 12.3. The number of benzene rings is 3. The molecule has 0 unspecified atom stereocenters. The maximum Gasteiger partial charge on any atom is 0.328 e. The van der Waals surface area contributed by atoms with Crippen LogP contribution in [0.5, 0.6) is 5.75 Å². The highest BCUT2D eigenvalue weighted by Crippen LogP contribution is 2.14. The Hall–Kier alpha value is -3.84. The first-order valence-electron chi connectivity index (χ1n) is 10.6. The minimum absolute atomic E-state index is 0.0866.